The van der Waals surface area contributed by atoms with Crippen molar-refractivity contribution < 1.29 is 20.1 Å². The van der Waals surface area contributed by atoms with Crippen molar-refractivity contribution in [2.75, 3.05) is 6.61 Å². The molecule has 2 atom stereocenters. The van der Waals surface area contributed by atoms with Crippen LogP contribution in [0.2, 0.25) is 0 Å². The number of nitrogens with one attached hydrogen (secondary N) is 1. The summed E-state index contributed by atoms with van der Waals surface area (Å²) < 4.78 is 0. The van der Waals surface area contributed by atoms with E-state index in [9.17, 15) is 4.79 Å². The maximum Gasteiger partial charge on any atom is 0.270 e. The first-order chi connectivity index (χ1) is 4.09. The van der Waals surface area contributed by atoms with Crippen LogP contribution in [0.15, 0.2) is 0 Å². The number of aliphatic hydroxyl groups excluding tert-OH is 3. The number of carbonyl (C=O) groups excluding carboxylic acids is 1. The topological polar surface area (TPSA) is 102 Å². The molecule has 1 amide bonds. The molecule has 0 aromatic carbocycles. The van der Waals surface area contributed by atoms with Gasteiger partial charge in [-0.3, -0.25) is 10.5 Å². The number of amides is 1. The first-order valence-corrected chi connectivity index (χ1v) is 2.32. The van der Waals surface area contributed by atoms with E-state index in [4.69, 9.17) is 21.1 Å². The normalized spacial score (nSPS) is 16.8. The third-order valence-corrected chi connectivity index (χ3v) is 0.820. The average Bonchev–Trinajstić information content (AvgIpc) is 1.84. The van der Waals surface area contributed by atoms with Crippen LogP contribution in [0.25, 0.3) is 0 Å². The molecular formula is C4H8NO4. The van der Waals surface area contributed by atoms with Crippen molar-refractivity contribution in [3.63, 3.8) is 0 Å². The Hall–Kier alpha value is -0.650. The molecule has 0 unspecified atom stereocenters. The summed E-state index contributed by atoms with van der Waals surface area (Å²) in [7, 11) is 0. The van der Waals surface area contributed by atoms with Gasteiger partial charge in [0, 0.05) is 0 Å². The second kappa shape index (κ2) is 3.39. The predicted molar refractivity (Wildman–Crippen MR) is 27.2 cm³/mol. The van der Waals surface area contributed by atoms with Crippen LogP contribution in [0.3, 0.4) is 0 Å². The number of hydrogen-bond donors (Lipinski definition) is 3. The van der Waals surface area contributed by atoms with E-state index >= 15 is 0 Å². The Morgan fingerprint density at radius 2 is 2.00 bits per heavy atom. The molecule has 0 bridgehead atoms. The van der Waals surface area contributed by atoms with Crippen LogP contribution >= 0.6 is 0 Å². The summed E-state index contributed by atoms with van der Waals surface area (Å²) in [4.78, 5) is 9.89. The highest BCUT2D eigenvalue weighted by Crippen LogP contribution is 1.90. The molecule has 0 fully saturated rings. The minimum Gasteiger partial charge on any atom is -0.394 e. The van der Waals surface area contributed by atoms with Crippen LogP contribution < -0.4 is 5.73 Å². The van der Waals surface area contributed by atoms with Gasteiger partial charge in [-0.2, -0.15) is 0 Å². The Bertz CT molecular complexity index is 105. The molecule has 53 valence electrons. The van der Waals surface area contributed by atoms with Gasteiger partial charge in [-0.25, -0.2) is 0 Å². The van der Waals surface area contributed by atoms with Crippen molar-refractivity contribution in [1.29, 1.82) is 0 Å². The summed E-state index contributed by atoms with van der Waals surface area (Å²) in [6.45, 7) is -0.716. The van der Waals surface area contributed by atoms with Crippen LogP contribution in [0.4, 0.5) is 0 Å². The van der Waals surface area contributed by atoms with Crippen LogP contribution in [-0.4, -0.2) is 40.0 Å². The zero-order valence-electron chi connectivity index (χ0n) is 4.61. The van der Waals surface area contributed by atoms with Crippen molar-refractivity contribution in [1.82, 2.24) is 5.73 Å². The summed E-state index contributed by atoms with van der Waals surface area (Å²) in [5, 5.41) is 25.0. The zero-order chi connectivity index (χ0) is 7.44. The monoisotopic (exact) mass is 134 g/mol. The second-order valence-electron chi connectivity index (χ2n) is 1.56. The highest BCUT2D eigenvalue weighted by Gasteiger charge is 2.20. The lowest BCUT2D eigenvalue weighted by atomic mass is 10.2. The van der Waals surface area contributed by atoms with Gasteiger partial charge in [0.15, 0.2) is 6.10 Å². The fraction of sp³-hybridized carbons (Fsp3) is 0.750. The maximum atomic E-state index is 9.89. The summed E-state index contributed by atoms with van der Waals surface area (Å²) in [6, 6.07) is 0. The van der Waals surface area contributed by atoms with Crippen molar-refractivity contribution in [2.24, 2.45) is 0 Å². The second-order valence-corrected chi connectivity index (χ2v) is 1.56. The smallest absolute Gasteiger partial charge is 0.270 e. The van der Waals surface area contributed by atoms with Crippen LogP contribution in [0.5, 0.6) is 0 Å². The highest BCUT2D eigenvalue weighted by molar-refractivity contribution is 5.78. The molecular weight excluding hydrogens is 126 g/mol. The number of carbonyl (C=O) groups is 1. The minimum atomic E-state index is -1.78. The van der Waals surface area contributed by atoms with E-state index in [0.29, 0.717) is 0 Å². The van der Waals surface area contributed by atoms with Crippen LogP contribution in [0, 0.1) is 0 Å². The summed E-state index contributed by atoms with van der Waals surface area (Å²) in [5.41, 5.74) is 6.26. The van der Waals surface area contributed by atoms with Gasteiger partial charge in [0.05, 0.1) is 6.61 Å². The van der Waals surface area contributed by atoms with Crippen molar-refractivity contribution in [3.05, 3.63) is 0 Å². The minimum absolute atomic E-state index is 0.716. The van der Waals surface area contributed by atoms with Gasteiger partial charge in [0.25, 0.3) is 5.91 Å². The molecule has 0 aromatic heterocycles. The number of rotatable bonds is 3. The quantitative estimate of drug-likeness (QED) is 0.397. The van der Waals surface area contributed by atoms with E-state index in [-0.39, 0.29) is 0 Å². The standard InChI is InChI=1S/C4H8NO4/c5-4(9)3(8)2(7)1-6/h2-3,5-8H,1H2/t2-,3-/m1/s1. The predicted octanol–water partition coefficient (Wildman–Crippen LogP) is -2.49. The Labute approximate surface area is 51.7 Å². The highest BCUT2D eigenvalue weighted by atomic mass is 16.4. The molecule has 0 saturated carbocycles. The summed E-state index contributed by atoms with van der Waals surface area (Å²) >= 11 is 0. The molecule has 0 saturated heterocycles. The SMILES string of the molecule is [NH]C(=O)[C@H](O)[C@H](O)CO. The van der Waals surface area contributed by atoms with Gasteiger partial charge in [0.1, 0.15) is 6.10 Å². The third-order valence-electron chi connectivity index (χ3n) is 0.820. The van der Waals surface area contributed by atoms with Gasteiger partial charge in [-0.05, 0) is 0 Å². The first kappa shape index (κ1) is 8.35. The molecule has 0 spiro atoms. The van der Waals surface area contributed by atoms with Gasteiger partial charge < -0.3 is 15.3 Å². The average molecular weight is 134 g/mol. The Morgan fingerprint density at radius 1 is 1.56 bits per heavy atom. The molecule has 9 heavy (non-hydrogen) atoms. The fourth-order valence-corrected chi connectivity index (χ4v) is 0.275. The third kappa shape index (κ3) is 2.41. The van der Waals surface area contributed by atoms with E-state index in [2.05, 4.69) is 0 Å². The fourth-order valence-electron chi connectivity index (χ4n) is 0.275. The Balaban J connectivity index is 3.72. The van der Waals surface area contributed by atoms with Crippen molar-refractivity contribution >= 4 is 5.91 Å². The lowest BCUT2D eigenvalue weighted by Gasteiger charge is -2.09. The molecule has 0 aliphatic carbocycles. The van der Waals surface area contributed by atoms with Gasteiger partial charge in [-0.1, -0.05) is 0 Å². The van der Waals surface area contributed by atoms with E-state index in [1.807, 2.05) is 0 Å². The molecule has 4 N–H and O–H groups in total. The van der Waals surface area contributed by atoms with Crippen molar-refractivity contribution in [2.45, 2.75) is 12.2 Å². The zero-order valence-corrected chi connectivity index (χ0v) is 4.61. The molecule has 0 rings (SSSR count). The van der Waals surface area contributed by atoms with E-state index < -0.39 is 24.7 Å². The summed E-state index contributed by atoms with van der Waals surface area (Å²) in [5.74, 6) is -1.29. The van der Waals surface area contributed by atoms with Gasteiger partial charge in [0.2, 0.25) is 0 Å². The molecule has 0 aliphatic rings. The molecule has 0 aliphatic heterocycles. The van der Waals surface area contributed by atoms with Gasteiger partial charge in [-0.15, -0.1) is 0 Å². The molecule has 5 nitrogen and oxygen atoms in total. The Kier molecular flexibility index (Phi) is 3.15. The van der Waals surface area contributed by atoms with E-state index in [1.54, 1.807) is 0 Å². The Morgan fingerprint density at radius 3 is 2.11 bits per heavy atom. The molecule has 1 radical (unpaired) electrons. The van der Waals surface area contributed by atoms with Crippen molar-refractivity contribution in [3.8, 4) is 0 Å². The maximum absolute atomic E-state index is 9.89. The molecule has 5 heteroatoms. The first-order valence-electron chi connectivity index (χ1n) is 2.32. The molecule has 0 aromatic rings. The van der Waals surface area contributed by atoms with E-state index in [0.717, 1.165) is 0 Å². The number of hydrogen-bond acceptors (Lipinski definition) is 4. The largest absolute Gasteiger partial charge is 0.394 e. The van der Waals surface area contributed by atoms with Crippen LogP contribution in [0.1, 0.15) is 0 Å². The molecule has 0 heterocycles. The van der Waals surface area contributed by atoms with E-state index in [1.165, 1.54) is 0 Å². The van der Waals surface area contributed by atoms with Crippen LogP contribution in [-0.2, 0) is 4.79 Å². The lowest BCUT2D eigenvalue weighted by Crippen LogP contribution is -2.36. The van der Waals surface area contributed by atoms with Gasteiger partial charge >= 0.3 is 0 Å². The lowest BCUT2D eigenvalue weighted by molar-refractivity contribution is -0.134. The summed E-state index contributed by atoms with van der Waals surface area (Å²) in [6.07, 6.45) is -3.31. The number of aliphatic hydroxyl groups is 3.